The minimum atomic E-state index is -0.232. The largest absolute Gasteiger partial charge is 0.493 e. The Morgan fingerprint density at radius 3 is 3.21 bits per heavy atom. The Balaban J connectivity index is 1.66. The van der Waals surface area contributed by atoms with Crippen LogP contribution in [0, 0.1) is 18.3 Å². The lowest BCUT2D eigenvalue weighted by molar-refractivity contribution is -0.111. The van der Waals surface area contributed by atoms with Gasteiger partial charge in [0.05, 0.1) is 31.3 Å². The first-order valence-corrected chi connectivity index (χ1v) is 7.82. The van der Waals surface area contributed by atoms with Gasteiger partial charge in [0.1, 0.15) is 11.6 Å². The summed E-state index contributed by atoms with van der Waals surface area (Å²) in [5, 5.41) is 15.8. The molecule has 1 aromatic heterocycles. The second-order valence-corrected chi connectivity index (χ2v) is 5.59. The van der Waals surface area contributed by atoms with Crippen molar-refractivity contribution in [2.24, 2.45) is 0 Å². The zero-order chi connectivity index (χ0) is 16.9. The summed E-state index contributed by atoms with van der Waals surface area (Å²) in [6.45, 7) is 3.02. The Kier molecular flexibility index (Phi) is 4.62. The zero-order valence-electron chi connectivity index (χ0n) is 13.5. The molecule has 3 rings (SSSR count). The summed E-state index contributed by atoms with van der Waals surface area (Å²) in [7, 11) is 0. The van der Waals surface area contributed by atoms with Gasteiger partial charge >= 0.3 is 0 Å². The molecule has 0 spiro atoms. The van der Waals surface area contributed by atoms with E-state index >= 15 is 0 Å². The molecule has 0 radical (unpaired) electrons. The van der Waals surface area contributed by atoms with Gasteiger partial charge in [0, 0.05) is 18.6 Å². The molecule has 0 bridgehead atoms. The minimum Gasteiger partial charge on any atom is -0.493 e. The molecule has 2 heterocycles. The first kappa shape index (κ1) is 15.8. The van der Waals surface area contributed by atoms with Gasteiger partial charge in [-0.3, -0.25) is 4.79 Å². The van der Waals surface area contributed by atoms with Crippen molar-refractivity contribution in [2.75, 3.05) is 11.9 Å². The molecule has 1 amide bonds. The van der Waals surface area contributed by atoms with Gasteiger partial charge in [-0.25, -0.2) is 4.68 Å². The van der Waals surface area contributed by atoms with Crippen molar-refractivity contribution >= 4 is 17.8 Å². The number of amides is 1. The van der Waals surface area contributed by atoms with Gasteiger partial charge in [0.15, 0.2) is 0 Å². The van der Waals surface area contributed by atoms with Gasteiger partial charge in [-0.2, -0.15) is 10.4 Å². The molecule has 0 unspecified atom stereocenters. The number of fused-ring (bicyclic) bond motifs is 1. The maximum atomic E-state index is 12.1. The predicted octanol–water partition coefficient (Wildman–Crippen LogP) is 2.69. The normalized spacial score (nSPS) is 12.7. The number of nitriles is 1. The summed E-state index contributed by atoms with van der Waals surface area (Å²) in [5.41, 5.74) is 2.93. The van der Waals surface area contributed by atoms with Crippen LogP contribution in [0.4, 0.5) is 5.82 Å². The summed E-state index contributed by atoms with van der Waals surface area (Å²) in [6, 6.07) is 9.75. The third-order valence-corrected chi connectivity index (χ3v) is 3.73. The Hall–Kier alpha value is -3.07. The number of hydrogen-bond acceptors (Lipinski definition) is 4. The summed E-state index contributed by atoms with van der Waals surface area (Å²) < 4.78 is 7.11. The number of hydrogen-bond donors (Lipinski definition) is 1. The lowest BCUT2D eigenvalue weighted by Gasteiger charge is -2.05. The molecule has 2 aromatic rings. The maximum absolute atomic E-state index is 12.1. The number of aromatic nitrogens is 2. The predicted molar refractivity (Wildman–Crippen MR) is 90.5 cm³/mol. The first-order valence-electron chi connectivity index (χ1n) is 7.82. The fraction of sp³-hybridized carbons (Fsp3) is 0.278. The Bertz CT molecular complexity index is 830. The van der Waals surface area contributed by atoms with E-state index in [1.54, 1.807) is 16.8 Å². The topological polar surface area (TPSA) is 79.9 Å². The van der Waals surface area contributed by atoms with Gasteiger partial charge in [-0.1, -0.05) is 6.07 Å². The van der Waals surface area contributed by atoms with Crippen LogP contribution >= 0.6 is 0 Å². The van der Waals surface area contributed by atoms with Crippen molar-refractivity contribution in [3.05, 3.63) is 47.2 Å². The molecule has 1 aliphatic heterocycles. The Morgan fingerprint density at radius 1 is 1.50 bits per heavy atom. The molecular weight excluding hydrogens is 304 g/mol. The van der Waals surface area contributed by atoms with Gasteiger partial charge in [-0.05, 0) is 36.3 Å². The second-order valence-electron chi connectivity index (χ2n) is 5.59. The van der Waals surface area contributed by atoms with Crippen molar-refractivity contribution in [3.63, 3.8) is 0 Å². The van der Waals surface area contributed by atoms with E-state index in [2.05, 4.69) is 16.5 Å². The maximum Gasteiger partial charge on any atom is 0.249 e. The number of rotatable bonds is 5. The average Bonchev–Trinajstić information content (AvgIpc) is 3.16. The van der Waals surface area contributed by atoms with E-state index in [-0.39, 0.29) is 5.91 Å². The lowest BCUT2D eigenvalue weighted by atomic mass is 10.1. The van der Waals surface area contributed by atoms with Crippen LogP contribution in [0.3, 0.4) is 0 Å². The molecule has 1 aliphatic rings. The standard InChI is InChI=1S/C18H18N4O2/c1-13-11-17(22(21-13)9-2-8-19)20-18(23)6-4-14-3-5-16-15(12-14)7-10-24-16/h3-6,11-12H,2,7,9-10H2,1H3,(H,20,23). The van der Waals surface area contributed by atoms with E-state index in [1.165, 1.54) is 11.6 Å². The summed E-state index contributed by atoms with van der Waals surface area (Å²) >= 11 is 0. The molecule has 6 heteroatoms. The van der Waals surface area contributed by atoms with Crippen molar-refractivity contribution in [1.82, 2.24) is 9.78 Å². The number of nitrogens with zero attached hydrogens (tertiary/aromatic N) is 3. The zero-order valence-corrected chi connectivity index (χ0v) is 13.5. The number of carbonyl (C=O) groups excluding carboxylic acids is 1. The van der Waals surface area contributed by atoms with Crippen LogP contribution < -0.4 is 10.1 Å². The van der Waals surface area contributed by atoms with E-state index < -0.39 is 0 Å². The van der Waals surface area contributed by atoms with Crippen molar-refractivity contribution in [3.8, 4) is 11.8 Å². The third-order valence-electron chi connectivity index (χ3n) is 3.73. The quantitative estimate of drug-likeness (QED) is 0.858. The molecule has 0 saturated heterocycles. The monoisotopic (exact) mass is 322 g/mol. The highest BCUT2D eigenvalue weighted by molar-refractivity contribution is 6.01. The average molecular weight is 322 g/mol. The smallest absolute Gasteiger partial charge is 0.249 e. The molecule has 0 atom stereocenters. The van der Waals surface area contributed by atoms with Crippen LogP contribution in [0.2, 0.25) is 0 Å². The minimum absolute atomic E-state index is 0.232. The molecular formula is C18H18N4O2. The van der Waals surface area contributed by atoms with Gasteiger partial charge < -0.3 is 10.1 Å². The summed E-state index contributed by atoms with van der Waals surface area (Å²) in [5.74, 6) is 1.29. The van der Waals surface area contributed by atoms with Crippen molar-refractivity contribution < 1.29 is 9.53 Å². The fourth-order valence-electron chi connectivity index (χ4n) is 2.62. The fourth-order valence-corrected chi connectivity index (χ4v) is 2.62. The van der Waals surface area contributed by atoms with Crippen LogP contribution in [-0.4, -0.2) is 22.3 Å². The van der Waals surface area contributed by atoms with Crippen LogP contribution in [0.1, 0.15) is 23.2 Å². The number of ether oxygens (including phenoxy) is 1. The van der Waals surface area contributed by atoms with E-state index in [9.17, 15) is 4.79 Å². The van der Waals surface area contributed by atoms with E-state index in [0.29, 0.717) is 18.8 Å². The molecule has 1 aromatic carbocycles. The number of nitrogens with one attached hydrogen (secondary N) is 1. The highest BCUT2D eigenvalue weighted by Gasteiger charge is 2.11. The molecule has 0 fully saturated rings. The highest BCUT2D eigenvalue weighted by Crippen LogP contribution is 2.26. The molecule has 122 valence electrons. The number of carbonyl (C=O) groups is 1. The van der Waals surface area contributed by atoms with Crippen LogP contribution in [0.15, 0.2) is 30.3 Å². The van der Waals surface area contributed by atoms with Crippen LogP contribution in [0.5, 0.6) is 5.75 Å². The SMILES string of the molecule is Cc1cc(NC(=O)C=Cc2ccc3c(c2)CCO3)n(CCC#N)n1. The van der Waals surface area contributed by atoms with E-state index in [0.717, 1.165) is 30.0 Å². The van der Waals surface area contributed by atoms with Crippen molar-refractivity contribution in [2.45, 2.75) is 26.3 Å². The molecule has 0 aliphatic carbocycles. The summed E-state index contributed by atoms with van der Waals surface area (Å²) in [6.07, 6.45) is 4.52. The number of aryl methyl sites for hydroxylation is 2. The Labute approximate surface area is 140 Å². The van der Waals surface area contributed by atoms with Gasteiger partial charge in [0.2, 0.25) is 5.91 Å². The third kappa shape index (κ3) is 3.63. The number of anilines is 1. The van der Waals surface area contributed by atoms with Gasteiger partial charge in [-0.15, -0.1) is 0 Å². The molecule has 0 saturated carbocycles. The first-order chi connectivity index (χ1) is 11.7. The highest BCUT2D eigenvalue weighted by atomic mass is 16.5. The van der Waals surface area contributed by atoms with E-state index in [4.69, 9.17) is 10.00 Å². The lowest BCUT2D eigenvalue weighted by Crippen LogP contribution is -2.13. The van der Waals surface area contributed by atoms with Gasteiger partial charge in [0.25, 0.3) is 0 Å². The van der Waals surface area contributed by atoms with Crippen LogP contribution in [-0.2, 0) is 17.8 Å². The van der Waals surface area contributed by atoms with Crippen LogP contribution in [0.25, 0.3) is 6.08 Å². The van der Waals surface area contributed by atoms with E-state index in [1.807, 2.05) is 25.1 Å². The molecule has 6 nitrogen and oxygen atoms in total. The molecule has 1 N–H and O–H groups in total. The summed E-state index contributed by atoms with van der Waals surface area (Å²) in [4.78, 5) is 12.1. The Morgan fingerprint density at radius 2 is 2.38 bits per heavy atom. The molecule has 24 heavy (non-hydrogen) atoms. The number of benzene rings is 1. The van der Waals surface area contributed by atoms with Crippen molar-refractivity contribution in [1.29, 1.82) is 5.26 Å². The second kappa shape index (κ2) is 7.01.